The molecule has 138 valence electrons. The summed E-state index contributed by atoms with van der Waals surface area (Å²) in [5.74, 6) is 0.145. The zero-order valence-electron chi connectivity index (χ0n) is 15.0. The lowest BCUT2D eigenvalue weighted by Crippen LogP contribution is -2.56. The molecule has 0 aromatic rings. The molecule has 24 heavy (non-hydrogen) atoms. The van der Waals surface area contributed by atoms with Crippen molar-refractivity contribution in [2.24, 2.45) is 0 Å². The fourth-order valence-corrected chi connectivity index (χ4v) is 3.89. The van der Waals surface area contributed by atoms with Crippen LogP contribution in [0, 0.1) is 0 Å². The van der Waals surface area contributed by atoms with Gasteiger partial charge in [-0.15, -0.1) is 0 Å². The Hall–Kier alpha value is -0.730. The Bertz CT molecular complexity index is 426. The van der Waals surface area contributed by atoms with E-state index in [0.717, 1.165) is 52.4 Å². The molecule has 3 heterocycles. The smallest absolute Gasteiger partial charge is 0.239 e. The summed E-state index contributed by atoms with van der Waals surface area (Å²) in [5, 5.41) is 12.7. The minimum Gasteiger partial charge on any atom is -0.392 e. The summed E-state index contributed by atoms with van der Waals surface area (Å²) < 4.78 is 5.93. The first-order valence-electron chi connectivity index (χ1n) is 9.31. The molecule has 3 atom stereocenters. The average molecular weight is 340 g/mol. The Labute approximate surface area is 144 Å². The third kappa shape index (κ3) is 4.46. The second kappa shape index (κ2) is 8.10. The van der Waals surface area contributed by atoms with Gasteiger partial charge in [0.2, 0.25) is 5.91 Å². The highest BCUT2D eigenvalue weighted by molar-refractivity contribution is 5.82. The lowest BCUT2D eigenvalue weighted by atomic mass is 10.1. The molecule has 0 aromatic carbocycles. The standard InChI is InChI=1S/C17H32N4O3/c1-13(2)21-7-8-24-15(12-21)11-19-3-5-20(6-4-19)17(23)16-9-14(22)10-18-16/h13-16,18,22H,3-12H2,1-2H3. The Morgan fingerprint density at radius 3 is 2.62 bits per heavy atom. The van der Waals surface area contributed by atoms with Gasteiger partial charge in [0.1, 0.15) is 0 Å². The van der Waals surface area contributed by atoms with Crippen LogP contribution >= 0.6 is 0 Å². The molecule has 0 bridgehead atoms. The molecule has 3 fully saturated rings. The summed E-state index contributed by atoms with van der Waals surface area (Å²) in [6, 6.07) is 0.368. The number of carbonyl (C=O) groups is 1. The van der Waals surface area contributed by atoms with Crippen molar-refractivity contribution in [1.29, 1.82) is 0 Å². The van der Waals surface area contributed by atoms with E-state index in [1.807, 2.05) is 4.90 Å². The number of hydrogen-bond donors (Lipinski definition) is 2. The van der Waals surface area contributed by atoms with Crippen LogP contribution in [0.4, 0.5) is 0 Å². The van der Waals surface area contributed by atoms with Gasteiger partial charge in [0, 0.05) is 58.4 Å². The largest absolute Gasteiger partial charge is 0.392 e. The van der Waals surface area contributed by atoms with Crippen molar-refractivity contribution in [2.45, 2.75) is 44.6 Å². The van der Waals surface area contributed by atoms with Crippen LogP contribution in [0.5, 0.6) is 0 Å². The van der Waals surface area contributed by atoms with Crippen LogP contribution in [0.25, 0.3) is 0 Å². The summed E-state index contributed by atoms with van der Waals surface area (Å²) in [6.07, 6.45) is 0.433. The number of morpholine rings is 1. The van der Waals surface area contributed by atoms with Crippen LogP contribution < -0.4 is 5.32 Å². The van der Waals surface area contributed by atoms with Gasteiger partial charge in [-0.1, -0.05) is 0 Å². The van der Waals surface area contributed by atoms with E-state index in [1.54, 1.807) is 0 Å². The Morgan fingerprint density at radius 1 is 1.25 bits per heavy atom. The number of piperazine rings is 1. The molecule has 0 spiro atoms. The van der Waals surface area contributed by atoms with E-state index in [-0.39, 0.29) is 24.2 Å². The Kier molecular flexibility index (Phi) is 6.10. The molecule has 7 nitrogen and oxygen atoms in total. The van der Waals surface area contributed by atoms with Gasteiger partial charge in [0.05, 0.1) is 24.9 Å². The first-order valence-corrected chi connectivity index (χ1v) is 9.31. The molecule has 0 aromatic heterocycles. The van der Waals surface area contributed by atoms with Crippen LogP contribution in [-0.2, 0) is 9.53 Å². The third-order valence-electron chi connectivity index (χ3n) is 5.45. The molecule has 3 aliphatic rings. The lowest BCUT2D eigenvalue weighted by molar-refractivity contribution is -0.135. The van der Waals surface area contributed by atoms with Gasteiger partial charge in [-0.3, -0.25) is 14.6 Å². The summed E-state index contributed by atoms with van der Waals surface area (Å²) in [7, 11) is 0. The van der Waals surface area contributed by atoms with Gasteiger partial charge in [0.25, 0.3) is 0 Å². The number of rotatable bonds is 4. The number of nitrogens with one attached hydrogen (secondary N) is 1. The van der Waals surface area contributed by atoms with Crippen LogP contribution in [0.1, 0.15) is 20.3 Å². The van der Waals surface area contributed by atoms with Crippen molar-refractivity contribution < 1.29 is 14.6 Å². The number of amides is 1. The molecular formula is C17H32N4O3. The quantitative estimate of drug-likeness (QED) is 0.682. The maximum atomic E-state index is 12.5. The van der Waals surface area contributed by atoms with E-state index in [1.165, 1.54) is 0 Å². The highest BCUT2D eigenvalue weighted by atomic mass is 16.5. The maximum absolute atomic E-state index is 12.5. The fourth-order valence-electron chi connectivity index (χ4n) is 3.89. The molecule has 0 radical (unpaired) electrons. The highest BCUT2D eigenvalue weighted by Gasteiger charge is 2.33. The van der Waals surface area contributed by atoms with Gasteiger partial charge in [-0.2, -0.15) is 0 Å². The van der Waals surface area contributed by atoms with E-state index >= 15 is 0 Å². The minimum absolute atomic E-state index is 0.145. The number of aliphatic hydroxyl groups is 1. The summed E-state index contributed by atoms with van der Waals surface area (Å²) in [6.45, 7) is 12.1. The van der Waals surface area contributed by atoms with Crippen molar-refractivity contribution >= 4 is 5.91 Å². The summed E-state index contributed by atoms with van der Waals surface area (Å²) >= 11 is 0. The molecule has 3 unspecified atom stereocenters. The lowest BCUT2D eigenvalue weighted by Gasteiger charge is -2.40. The molecule has 7 heteroatoms. The predicted molar refractivity (Wildman–Crippen MR) is 91.9 cm³/mol. The van der Waals surface area contributed by atoms with Crippen molar-refractivity contribution in [1.82, 2.24) is 20.0 Å². The molecule has 3 saturated heterocycles. The van der Waals surface area contributed by atoms with Gasteiger partial charge in [-0.25, -0.2) is 0 Å². The number of nitrogens with zero attached hydrogens (tertiary/aromatic N) is 3. The second-order valence-corrected chi connectivity index (χ2v) is 7.56. The Balaban J connectivity index is 1.41. The molecule has 3 aliphatic heterocycles. The molecule has 0 aliphatic carbocycles. The summed E-state index contributed by atoms with van der Waals surface area (Å²) in [5.41, 5.74) is 0. The van der Waals surface area contributed by atoms with E-state index < -0.39 is 0 Å². The third-order valence-corrected chi connectivity index (χ3v) is 5.45. The summed E-state index contributed by atoms with van der Waals surface area (Å²) in [4.78, 5) is 19.3. The van der Waals surface area contributed by atoms with Gasteiger partial charge in [-0.05, 0) is 20.3 Å². The normalized spacial score (nSPS) is 33.3. The molecule has 2 N–H and O–H groups in total. The monoisotopic (exact) mass is 340 g/mol. The number of carbonyl (C=O) groups excluding carboxylic acids is 1. The van der Waals surface area contributed by atoms with Crippen molar-refractivity contribution in [2.75, 3.05) is 59.0 Å². The number of hydrogen-bond acceptors (Lipinski definition) is 6. The van der Waals surface area contributed by atoms with Crippen LogP contribution in [0.15, 0.2) is 0 Å². The first kappa shape index (κ1) is 18.1. The average Bonchev–Trinajstić information content (AvgIpc) is 3.01. The molecule has 0 saturated carbocycles. The first-order chi connectivity index (χ1) is 11.5. The van der Waals surface area contributed by atoms with Crippen molar-refractivity contribution in [3.05, 3.63) is 0 Å². The maximum Gasteiger partial charge on any atom is 0.239 e. The van der Waals surface area contributed by atoms with Crippen LogP contribution in [0.2, 0.25) is 0 Å². The highest BCUT2D eigenvalue weighted by Crippen LogP contribution is 2.14. The van der Waals surface area contributed by atoms with Crippen LogP contribution in [0.3, 0.4) is 0 Å². The molecular weight excluding hydrogens is 308 g/mol. The van der Waals surface area contributed by atoms with Crippen molar-refractivity contribution in [3.63, 3.8) is 0 Å². The van der Waals surface area contributed by atoms with E-state index in [4.69, 9.17) is 4.74 Å². The SMILES string of the molecule is CC(C)N1CCOC(CN2CCN(C(=O)C3CC(O)CN3)CC2)C1. The number of β-amino-alcohol motifs (C(OH)–C–C–N with tert-alkyl or cyclic N) is 1. The molecule has 1 amide bonds. The van der Waals surface area contributed by atoms with Gasteiger partial charge in [0.15, 0.2) is 0 Å². The zero-order chi connectivity index (χ0) is 17.1. The number of ether oxygens (including phenoxy) is 1. The van der Waals surface area contributed by atoms with Crippen LogP contribution in [-0.4, -0.2) is 109 Å². The topological polar surface area (TPSA) is 68.3 Å². The predicted octanol–water partition coefficient (Wildman–Crippen LogP) is -1.04. The zero-order valence-corrected chi connectivity index (χ0v) is 15.0. The van der Waals surface area contributed by atoms with E-state index in [2.05, 4.69) is 29.0 Å². The fraction of sp³-hybridized carbons (Fsp3) is 0.941. The van der Waals surface area contributed by atoms with Gasteiger partial charge >= 0.3 is 0 Å². The second-order valence-electron chi connectivity index (χ2n) is 7.56. The minimum atomic E-state index is -0.382. The van der Waals surface area contributed by atoms with Gasteiger partial charge < -0.3 is 20.1 Å². The Morgan fingerprint density at radius 2 is 2.00 bits per heavy atom. The van der Waals surface area contributed by atoms with E-state index in [0.29, 0.717) is 19.0 Å². The van der Waals surface area contributed by atoms with E-state index in [9.17, 15) is 9.90 Å². The van der Waals surface area contributed by atoms with Crippen molar-refractivity contribution in [3.8, 4) is 0 Å². The molecule has 3 rings (SSSR count). The number of aliphatic hydroxyl groups excluding tert-OH is 1.